The van der Waals surface area contributed by atoms with Crippen molar-refractivity contribution >= 4 is 0 Å². The molecule has 0 aliphatic carbocycles. The van der Waals surface area contributed by atoms with E-state index in [4.69, 9.17) is 0 Å². The van der Waals surface area contributed by atoms with Gasteiger partial charge in [-0.15, -0.1) is 0 Å². The van der Waals surface area contributed by atoms with Crippen molar-refractivity contribution in [2.24, 2.45) is 5.41 Å². The first-order valence-electron chi connectivity index (χ1n) is 4.08. The third-order valence-electron chi connectivity index (χ3n) is 2.14. The number of hydrazine groups is 1. The Hall–Kier alpha value is -1.18. The van der Waals surface area contributed by atoms with E-state index >= 15 is 0 Å². The van der Waals surface area contributed by atoms with Gasteiger partial charge in [-0.1, -0.05) is 32.6 Å². The van der Waals surface area contributed by atoms with Crippen LogP contribution in [-0.4, -0.2) is 12.1 Å². The van der Waals surface area contributed by atoms with Crippen LogP contribution >= 0.6 is 0 Å². The maximum absolute atomic E-state index is 4.03. The van der Waals surface area contributed by atoms with Gasteiger partial charge in [-0.05, 0) is 6.08 Å². The number of rotatable bonds is 0. The Balaban J connectivity index is 2.92. The number of hydrogen-bond acceptors (Lipinski definition) is 2. The molecule has 0 saturated heterocycles. The van der Waals surface area contributed by atoms with Crippen molar-refractivity contribution in [1.82, 2.24) is 10.4 Å². The van der Waals surface area contributed by atoms with Gasteiger partial charge in [0.05, 0.1) is 0 Å². The smallest absolute Gasteiger partial charge is 0.0364 e. The number of nitrogens with zero attached hydrogens (tertiary/aromatic N) is 1. The molecule has 0 fully saturated rings. The lowest BCUT2D eigenvalue weighted by Crippen LogP contribution is -2.35. The van der Waals surface area contributed by atoms with E-state index in [1.54, 1.807) is 0 Å². The zero-order valence-corrected chi connectivity index (χ0v) is 7.96. The summed E-state index contributed by atoms with van der Waals surface area (Å²) in [6.45, 7) is 8.31. The van der Waals surface area contributed by atoms with Crippen LogP contribution in [0.4, 0.5) is 0 Å². The van der Waals surface area contributed by atoms with Gasteiger partial charge in [-0.3, -0.25) is 5.01 Å². The fraction of sp³-hybridized carbons (Fsp3) is 0.400. The third-order valence-corrected chi connectivity index (χ3v) is 2.14. The summed E-state index contributed by atoms with van der Waals surface area (Å²) >= 11 is 0. The molecule has 0 atom stereocenters. The highest BCUT2D eigenvalue weighted by molar-refractivity contribution is 5.19. The van der Waals surface area contributed by atoms with Crippen molar-refractivity contribution in [1.29, 1.82) is 0 Å². The summed E-state index contributed by atoms with van der Waals surface area (Å²) in [6.07, 6.45) is 8.04. The van der Waals surface area contributed by atoms with E-state index in [0.717, 1.165) is 5.70 Å². The fourth-order valence-electron chi connectivity index (χ4n) is 1.11. The SMILES string of the molecule is C=C1N(C)N/C=C\C=C/C1(C)C. The highest BCUT2D eigenvalue weighted by atomic mass is 15.5. The van der Waals surface area contributed by atoms with Gasteiger partial charge in [0.25, 0.3) is 0 Å². The van der Waals surface area contributed by atoms with E-state index < -0.39 is 0 Å². The largest absolute Gasteiger partial charge is 0.306 e. The van der Waals surface area contributed by atoms with Crippen LogP contribution in [0.5, 0.6) is 0 Å². The Morgan fingerprint density at radius 1 is 1.42 bits per heavy atom. The maximum atomic E-state index is 4.03. The fourth-order valence-corrected chi connectivity index (χ4v) is 1.11. The van der Waals surface area contributed by atoms with Crippen LogP contribution in [0.25, 0.3) is 0 Å². The van der Waals surface area contributed by atoms with Crippen LogP contribution in [0, 0.1) is 5.41 Å². The van der Waals surface area contributed by atoms with E-state index in [1.807, 2.05) is 30.4 Å². The predicted octanol–water partition coefficient (Wildman–Crippen LogP) is 2.05. The standard InChI is InChI=1S/C10H16N2/c1-9-10(2,3)7-5-6-8-11-12(9)4/h5-8,11H,1H2,2-4H3/b7-5-,8-6-. The Kier molecular flexibility index (Phi) is 2.27. The molecule has 2 nitrogen and oxygen atoms in total. The summed E-state index contributed by atoms with van der Waals surface area (Å²) in [6, 6.07) is 0. The number of hydrogen-bond donors (Lipinski definition) is 1. The molecule has 2 heteroatoms. The molecular formula is C10H16N2. The van der Waals surface area contributed by atoms with E-state index in [0.29, 0.717) is 0 Å². The van der Waals surface area contributed by atoms with Gasteiger partial charge in [0.1, 0.15) is 0 Å². The molecule has 0 radical (unpaired) electrons. The Bertz CT molecular complexity index is 236. The number of allylic oxidation sites excluding steroid dienone is 3. The summed E-state index contributed by atoms with van der Waals surface area (Å²) in [4.78, 5) is 0. The van der Waals surface area contributed by atoms with Crippen LogP contribution in [0.2, 0.25) is 0 Å². The van der Waals surface area contributed by atoms with Crippen LogP contribution in [0.3, 0.4) is 0 Å². The quantitative estimate of drug-likeness (QED) is 0.589. The average molecular weight is 164 g/mol. The summed E-state index contributed by atoms with van der Waals surface area (Å²) in [7, 11) is 1.97. The zero-order chi connectivity index (χ0) is 9.19. The molecule has 1 N–H and O–H groups in total. The second-order valence-electron chi connectivity index (χ2n) is 3.57. The van der Waals surface area contributed by atoms with Gasteiger partial charge in [0, 0.05) is 24.4 Å². The van der Waals surface area contributed by atoms with Crippen molar-refractivity contribution in [2.45, 2.75) is 13.8 Å². The third kappa shape index (κ3) is 1.70. The molecule has 0 aromatic rings. The molecule has 0 aromatic carbocycles. The maximum Gasteiger partial charge on any atom is 0.0364 e. The zero-order valence-electron chi connectivity index (χ0n) is 7.96. The second kappa shape index (κ2) is 3.05. The lowest BCUT2D eigenvalue weighted by molar-refractivity contribution is 0.286. The average Bonchev–Trinajstić information content (AvgIpc) is 2.00. The van der Waals surface area contributed by atoms with E-state index in [2.05, 4.69) is 31.9 Å². The summed E-state index contributed by atoms with van der Waals surface area (Å²) in [5, 5.41) is 1.93. The van der Waals surface area contributed by atoms with Crippen molar-refractivity contribution in [3.05, 3.63) is 36.7 Å². The Labute approximate surface area is 74.2 Å². The van der Waals surface area contributed by atoms with Crippen LogP contribution < -0.4 is 5.43 Å². The molecule has 0 saturated carbocycles. The first-order valence-corrected chi connectivity index (χ1v) is 4.08. The molecule has 1 aliphatic heterocycles. The summed E-state index contributed by atoms with van der Waals surface area (Å²) < 4.78 is 0. The van der Waals surface area contributed by atoms with E-state index in [-0.39, 0.29) is 5.41 Å². The molecule has 0 unspecified atom stereocenters. The van der Waals surface area contributed by atoms with Crippen molar-refractivity contribution in [3.8, 4) is 0 Å². The molecule has 0 aromatic heterocycles. The van der Waals surface area contributed by atoms with Gasteiger partial charge in [-0.2, -0.15) is 0 Å². The minimum absolute atomic E-state index is 0.0203. The van der Waals surface area contributed by atoms with Crippen LogP contribution in [-0.2, 0) is 0 Å². The highest BCUT2D eigenvalue weighted by Gasteiger charge is 2.21. The monoisotopic (exact) mass is 164 g/mol. The normalized spacial score (nSPS) is 26.9. The topological polar surface area (TPSA) is 15.3 Å². The molecule has 1 rings (SSSR count). The molecule has 12 heavy (non-hydrogen) atoms. The Morgan fingerprint density at radius 2 is 2.08 bits per heavy atom. The molecule has 0 amide bonds. The van der Waals surface area contributed by atoms with Gasteiger partial charge in [0.2, 0.25) is 0 Å². The van der Waals surface area contributed by atoms with Crippen molar-refractivity contribution < 1.29 is 0 Å². The van der Waals surface area contributed by atoms with Gasteiger partial charge >= 0.3 is 0 Å². The lowest BCUT2D eigenvalue weighted by atomic mass is 9.89. The summed E-state index contributed by atoms with van der Waals surface area (Å²) in [5.41, 5.74) is 4.17. The van der Waals surface area contributed by atoms with Crippen LogP contribution in [0.1, 0.15) is 13.8 Å². The first kappa shape index (κ1) is 8.91. The minimum atomic E-state index is 0.0203. The minimum Gasteiger partial charge on any atom is -0.306 e. The van der Waals surface area contributed by atoms with E-state index in [9.17, 15) is 0 Å². The van der Waals surface area contributed by atoms with Crippen molar-refractivity contribution in [2.75, 3.05) is 7.05 Å². The molecule has 66 valence electrons. The molecule has 0 spiro atoms. The van der Waals surface area contributed by atoms with Gasteiger partial charge in [-0.25, -0.2) is 0 Å². The predicted molar refractivity (Wildman–Crippen MR) is 52.1 cm³/mol. The molecule has 1 heterocycles. The molecule has 1 aliphatic rings. The second-order valence-corrected chi connectivity index (χ2v) is 3.57. The number of nitrogens with one attached hydrogen (secondary N) is 1. The first-order chi connectivity index (χ1) is 5.54. The Morgan fingerprint density at radius 3 is 2.75 bits per heavy atom. The van der Waals surface area contributed by atoms with Gasteiger partial charge in [0.15, 0.2) is 0 Å². The van der Waals surface area contributed by atoms with Crippen molar-refractivity contribution in [3.63, 3.8) is 0 Å². The van der Waals surface area contributed by atoms with Gasteiger partial charge < -0.3 is 5.43 Å². The molecule has 0 bridgehead atoms. The van der Waals surface area contributed by atoms with E-state index in [1.165, 1.54) is 0 Å². The highest BCUT2D eigenvalue weighted by Crippen LogP contribution is 2.28. The lowest BCUT2D eigenvalue weighted by Gasteiger charge is -2.32. The van der Waals surface area contributed by atoms with Crippen LogP contribution in [0.15, 0.2) is 36.7 Å². The summed E-state index contributed by atoms with van der Waals surface area (Å²) in [5.74, 6) is 0. The molecular weight excluding hydrogens is 148 g/mol.